The van der Waals surface area contributed by atoms with Crippen molar-refractivity contribution in [2.24, 2.45) is 0 Å². The number of hydrogen-bond donors (Lipinski definition) is 2. The van der Waals surface area contributed by atoms with E-state index in [1.165, 1.54) is 0 Å². The Labute approximate surface area is 173 Å². The van der Waals surface area contributed by atoms with Crippen molar-refractivity contribution in [2.75, 3.05) is 11.9 Å². The second kappa shape index (κ2) is 9.11. The first-order chi connectivity index (χ1) is 13.4. The molecule has 0 aliphatic rings. The van der Waals surface area contributed by atoms with E-state index in [1.807, 2.05) is 37.3 Å². The predicted molar refractivity (Wildman–Crippen MR) is 112 cm³/mol. The van der Waals surface area contributed by atoms with Gasteiger partial charge in [-0.3, -0.25) is 4.79 Å². The normalized spacial score (nSPS) is 11.7. The van der Waals surface area contributed by atoms with Crippen molar-refractivity contribution >= 4 is 34.8 Å². The zero-order chi connectivity index (χ0) is 20.1. The Kier molecular flexibility index (Phi) is 6.57. The van der Waals surface area contributed by atoms with Crippen LogP contribution in [-0.4, -0.2) is 17.6 Å². The lowest BCUT2D eigenvalue weighted by Crippen LogP contribution is -2.21. The van der Waals surface area contributed by atoms with Gasteiger partial charge in [-0.15, -0.1) is 0 Å². The Morgan fingerprint density at radius 2 is 1.71 bits per heavy atom. The van der Waals surface area contributed by atoms with Crippen LogP contribution in [0.1, 0.15) is 22.8 Å². The Balaban J connectivity index is 1.74. The molecule has 4 nitrogen and oxygen atoms in total. The van der Waals surface area contributed by atoms with Crippen LogP contribution in [0.5, 0.6) is 5.75 Å². The van der Waals surface area contributed by atoms with E-state index in [0.717, 1.165) is 5.56 Å². The summed E-state index contributed by atoms with van der Waals surface area (Å²) < 4.78 is 5.58. The number of benzene rings is 3. The summed E-state index contributed by atoms with van der Waals surface area (Å²) in [5.41, 5.74) is 2.53. The molecule has 3 aromatic rings. The Hall–Kier alpha value is -2.53. The van der Waals surface area contributed by atoms with Crippen LogP contribution in [0.3, 0.4) is 0 Å². The van der Waals surface area contributed by atoms with Gasteiger partial charge in [0.15, 0.2) is 6.61 Å². The molecular weight excluding hydrogens is 397 g/mol. The Morgan fingerprint density at radius 3 is 2.43 bits per heavy atom. The van der Waals surface area contributed by atoms with E-state index in [2.05, 4.69) is 5.32 Å². The van der Waals surface area contributed by atoms with Crippen LogP contribution in [0.4, 0.5) is 5.69 Å². The number of hydrogen-bond acceptors (Lipinski definition) is 3. The number of carbonyl (C=O) groups excluding carboxylic acids is 1. The largest absolute Gasteiger partial charge is 0.483 e. The number of aryl methyl sites for hydroxylation is 1. The van der Waals surface area contributed by atoms with Gasteiger partial charge in [-0.25, -0.2) is 0 Å². The molecule has 0 bridgehead atoms. The second-order valence-corrected chi connectivity index (χ2v) is 7.16. The molecule has 0 fully saturated rings. The van der Waals surface area contributed by atoms with Gasteiger partial charge in [-0.05, 0) is 54.4 Å². The fourth-order valence-corrected chi connectivity index (χ4v) is 3.20. The van der Waals surface area contributed by atoms with Crippen LogP contribution in [0.25, 0.3) is 0 Å². The van der Waals surface area contributed by atoms with E-state index in [9.17, 15) is 9.90 Å². The molecule has 0 heterocycles. The molecule has 1 unspecified atom stereocenters. The zero-order valence-electron chi connectivity index (χ0n) is 15.2. The molecule has 1 atom stereocenters. The molecule has 3 aromatic carbocycles. The van der Waals surface area contributed by atoms with Gasteiger partial charge in [0.2, 0.25) is 0 Å². The van der Waals surface area contributed by atoms with E-state index < -0.39 is 6.10 Å². The average molecular weight is 416 g/mol. The molecule has 6 heteroatoms. The topological polar surface area (TPSA) is 58.6 Å². The molecule has 0 spiro atoms. The SMILES string of the molecule is Cc1cc(Cl)ccc1OCC(=O)Nc1ccc(Cl)cc1C(O)c1ccccc1. The van der Waals surface area contributed by atoms with Gasteiger partial charge in [0, 0.05) is 21.3 Å². The highest BCUT2D eigenvalue weighted by molar-refractivity contribution is 6.31. The number of halogens is 2. The molecular formula is C22H19Cl2NO3. The summed E-state index contributed by atoms with van der Waals surface area (Å²) in [6.07, 6.45) is -0.922. The third-order valence-electron chi connectivity index (χ3n) is 4.19. The highest BCUT2D eigenvalue weighted by Gasteiger charge is 2.17. The van der Waals surface area contributed by atoms with Gasteiger partial charge in [-0.2, -0.15) is 0 Å². The second-order valence-electron chi connectivity index (χ2n) is 6.29. The molecule has 28 heavy (non-hydrogen) atoms. The number of amides is 1. The average Bonchev–Trinajstić information content (AvgIpc) is 2.69. The standard InChI is InChI=1S/C22H19Cl2NO3/c1-14-11-16(23)8-10-20(14)28-13-21(26)25-19-9-7-17(24)12-18(19)22(27)15-5-3-2-4-6-15/h2-12,22,27H,13H2,1H3,(H,25,26). The molecule has 1 amide bonds. The minimum Gasteiger partial charge on any atom is -0.483 e. The molecule has 0 aliphatic carbocycles. The van der Waals surface area contributed by atoms with E-state index >= 15 is 0 Å². The lowest BCUT2D eigenvalue weighted by Gasteiger charge is -2.17. The summed E-state index contributed by atoms with van der Waals surface area (Å²) in [6, 6.07) is 19.3. The smallest absolute Gasteiger partial charge is 0.262 e. The number of nitrogens with one attached hydrogen (secondary N) is 1. The van der Waals surface area contributed by atoms with Crippen molar-refractivity contribution in [1.82, 2.24) is 0 Å². The maximum absolute atomic E-state index is 12.4. The van der Waals surface area contributed by atoms with Crippen LogP contribution in [0, 0.1) is 6.92 Å². The molecule has 0 aromatic heterocycles. The van der Waals surface area contributed by atoms with Crippen molar-refractivity contribution in [2.45, 2.75) is 13.0 Å². The Bertz CT molecular complexity index is 977. The van der Waals surface area contributed by atoms with Crippen LogP contribution < -0.4 is 10.1 Å². The number of aliphatic hydroxyl groups excluding tert-OH is 1. The van der Waals surface area contributed by atoms with Crippen molar-refractivity contribution in [3.63, 3.8) is 0 Å². The van der Waals surface area contributed by atoms with Gasteiger partial charge < -0.3 is 15.2 Å². The number of aliphatic hydroxyl groups is 1. The Morgan fingerprint density at radius 1 is 1.04 bits per heavy atom. The molecule has 2 N–H and O–H groups in total. The first-order valence-electron chi connectivity index (χ1n) is 8.65. The molecule has 0 aliphatic heterocycles. The van der Waals surface area contributed by atoms with Gasteiger partial charge in [-0.1, -0.05) is 53.5 Å². The fourth-order valence-electron chi connectivity index (χ4n) is 2.79. The highest BCUT2D eigenvalue weighted by atomic mass is 35.5. The summed E-state index contributed by atoms with van der Waals surface area (Å²) in [5.74, 6) is 0.235. The van der Waals surface area contributed by atoms with Crippen LogP contribution >= 0.6 is 23.2 Å². The number of rotatable bonds is 6. The van der Waals surface area contributed by atoms with Gasteiger partial charge in [0.1, 0.15) is 11.9 Å². The number of carbonyl (C=O) groups is 1. The predicted octanol–water partition coefficient (Wildman–Crippen LogP) is 5.40. The summed E-state index contributed by atoms with van der Waals surface area (Å²) in [4.78, 5) is 12.4. The minimum atomic E-state index is -0.922. The van der Waals surface area contributed by atoms with Gasteiger partial charge in [0.25, 0.3) is 5.91 Å². The lowest BCUT2D eigenvalue weighted by molar-refractivity contribution is -0.118. The monoisotopic (exact) mass is 415 g/mol. The van der Waals surface area contributed by atoms with Crippen molar-refractivity contribution < 1.29 is 14.6 Å². The van der Waals surface area contributed by atoms with Crippen LogP contribution in [-0.2, 0) is 4.79 Å². The van der Waals surface area contributed by atoms with E-state index in [1.54, 1.807) is 36.4 Å². The van der Waals surface area contributed by atoms with Crippen LogP contribution in [0.2, 0.25) is 10.0 Å². The maximum atomic E-state index is 12.4. The highest BCUT2D eigenvalue weighted by Crippen LogP contribution is 2.31. The molecule has 0 radical (unpaired) electrons. The summed E-state index contributed by atoms with van der Waals surface area (Å²) in [6.45, 7) is 1.68. The third-order valence-corrected chi connectivity index (χ3v) is 4.66. The molecule has 0 saturated carbocycles. The van der Waals surface area contributed by atoms with E-state index in [-0.39, 0.29) is 12.5 Å². The van der Waals surface area contributed by atoms with Crippen LogP contribution in [0.15, 0.2) is 66.7 Å². The first kappa shape index (κ1) is 20.2. The summed E-state index contributed by atoms with van der Waals surface area (Å²) >= 11 is 12.0. The van der Waals surface area contributed by atoms with Crippen molar-refractivity contribution in [3.8, 4) is 5.75 Å². The third kappa shape index (κ3) is 5.04. The zero-order valence-corrected chi connectivity index (χ0v) is 16.7. The van der Waals surface area contributed by atoms with E-state index in [4.69, 9.17) is 27.9 Å². The lowest BCUT2D eigenvalue weighted by atomic mass is 10.00. The fraction of sp³-hybridized carbons (Fsp3) is 0.136. The maximum Gasteiger partial charge on any atom is 0.262 e. The minimum absolute atomic E-state index is 0.175. The molecule has 3 rings (SSSR count). The van der Waals surface area contributed by atoms with Gasteiger partial charge >= 0.3 is 0 Å². The first-order valence-corrected chi connectivity index (χ1v) is 9.41. The molecule has 144 valence electrons. The summed E-state index contributed by atoms with van der Waals surface area (Å²) in [5, 5.41) is 14.6. The van der Waals surface area contributed by atoms with Gasteiger partial charge in [0.05, 0.1) is 0 Å². The van der Waals surface area contributed by atoms with Crippen molar-refractivity contribution in [1.29, 1.82) is 0 Å². The number of anilines is 1. The summed E-state index contributed by atoms with van der Waals surface area (Å²) in [7, 11) is 0. The van der Waals surface area contributed by atoms with Crippen molar-refractivity contribution in [3.05, 3.63) is 93.5 Å². The van der Waals surface area contributed by atoms with E-state index in [0.29, 0.717) is 32.6 Å². The molecule has 0 saturated heterocycles. The number of ether oxygens (including phenoxy) is 1. The quantitative estimate of drug-likeness (QED) is 0.566.